The molecule has 0 N–H and O–H groups in total. The summed E-state index contributed by atoms with van der Waals surface area (Å²) in [4.78, 5) is 0. The van der Waals surface area contributed by atoms with Crippen LogP contribution in [0.3, 0.4) is 0 Å². The maximum absolute atomic E-state index is 4.83. The van der Waals surface area contributed by atoms with Gasteiger partial charge >= 0.3 is 34.5 Å². The van der Waals surface area contributed by atoms with Crippen LogP contribution in [0.2, 0.25) is 0 Å². The molecule has 4 heteroatoms. The molecule has 0 fully saturated rings. The molecule has 156 valence electrons. The molecule has 1 aliphatic carbocycles. The minimum atomic E-state index is -0.226. The van der Waals surface area contributed by atoms with Crippen molar-refractivity contribution in [3.8, 4) is 0 Å². The SMILES string of the molecule is CC(C)(C)c1cc(C(C)(C)C)c([PH3+])c(C(C)(C)C)c1.[CH]1C=CC=C1.[Cl][Rh][Cl]. The fourth-order valence-corrected chi connectivity index (χ4v) is 4.03. The first-order valence-electron chi connectivity index (χ1n) is 9.18. The van der Waals surface area contributed by atoms with Crippen molar-refractivity contribution in [1.82, 2.24) is 0 Å². The molecule has 0 saturated heterocycles. The summed E-state index contributed by atoms with van der Waals surface area (Å²) in [6.45, 7) is 20.8. The summed E-state index contributed by atoms with van der Waals surface area (Å²) in [5, 5.41) is 1.49. The number of hydrogen-bond donors (Lipinski definition) is 0. The second-order valence-corrected chi connectivity index (χ2v) is 13.0. The molecule has 1 radical (unpaired) electrons. The van der Waals surface area contributed by atoms with Crippen LogP contribution in [0.15, 0.2) is 36.4 Å². The maximum atomic E-state index is 4.83. The van der Waals surface area contributed by atoms with Crippen LogP contribution in [0.5, 0.6) is 0 Å². The molecule has 0 spiro atoms. The Labute approximate surface area is 186 Å². The van der Waals surface area contributed by atoms with Gasteiger partial charge in [-0.25, -0.2) is 0 Å². The molecule has 0 aliphatic heterocycles. The van der Waals surface area contributed by atoms with Gasteiger partial charge in [0, 0.05) is 15.7 Å². The second kappa shape index (κ2) is 11.5. The van der Waals surface area contributed by atoms with E-state index in [0.29, 0.717) is 0 Å². The molecule has 0 bridgehead atoms. The topological polar surface area (TPSA) is 0 Å². The number of allylic oxidation sites excluding steroid dienone is 4. The molecular weight excluding hydrogens is 481 g/mol. The van der Waals surface area contributed by atoms with Gasteiger partial charge in [-0.1, -0.05) is 98.8 Å². The number of rotatable bonds is 0. The third-order valence-electron chi connectivity index (χ3n) is 4.29. The third-order valence-corrected chi connectivity index (χ3v) is 5.05. The van der Waals surface area contributed by atoms with E-state index in [1.54, 1.807) is 0 Å². The molecule has 2 rings (SSSR count). The molecule has 0 nitrogen and oxygen atoms in total. The number of halogens is 2. The van der Waals surface area contributed by atoms with Gasteiger partial charge in [0.05, 0.1) is 5.30 Å². The van der Waals surface area contributed by atoms with Crippen molar-refractivity contribution in [1.29, 1.82) is 0 Å². The Balaban J connectivity index is 0.000000698. The van der Waals surface area contributed by atoms with Crippen LogP contribution in [0.4, 0.5) is 0 Å². The van der Waals surface area contributed by atoms with E-state index in [-0.39, 0.29) is 31.4 Å². The van der Waals surface area contributed by atoms with Crippen molar-refractivity contribution in [2.75, 3.05) is 0 Å². The van der Waals surface area contributed by atoms with Crippen LogP contribution in [0, 0.1) is 6.42 Å². The first-order valence-corrected chi connectivity index (χ1v) is 14.1. The van der Waals surface area contributed by atoms with Crippen molar-refractivity contribution in [2.24, 2.45) is 0 Å². The Hall–Kier alpha value is 0.333. The summed E-state index contributed by atoms with van der Waals surface area (Å²) < 4.78 is 0. The first-order chi connectivity index (χ1) is 12.2. The van der Waals surface area contributed by atoms with Crippen molar-refractivity contribution in [3.63, 3.8) is 0 Å². The number of hydrogen-bond acceptors (Lipinski definition) is 0. The summed E-state index contributed by atoms with van der Waals surface area (Å²) >= 11 is -0.226. The van der Waals surface area contributed by atoms with E-state index in [4.69, 9.17) is 19.4 Å². The molecule has 0 amide bonds. The van der Waals surface area contributed by atoms with Crippen LogP contribution in [0.25, 0.3) is 0 Å². The normalized spacial score (nSPS) is 13.9. The van der Waals surface area contributed by atoms with E-state index in [2.05, 4.69) is 83.7 Å². The van der Waals surface area contributed by atoms with Crippen LogP contribution >= 0.6 is 28.6 Å². The summed E-state index contributed by atoms with van der Waals surface area (Å²) in [5.41, 5.74) is 5.08. The van der Waals surface area contributed by atoms with Gasteiger partial charge in [-0.05, 0) is 32.9 Å². The van der Waals surface area contributed by atoms with E-state index in [9.17, 15) is 0 Å². The molecule has 1 unspecified atom stereocenters. The van der Waals surface area contributed by atoms with Gasteiger partial charge < -0.3 is 0 Å². The van der Waals surface area contributed by atoms with Crippen LogP contribution in [-0.2, 0) is 31.4 Å². The van der Waals surface area contributed by atoms with E-state index in [1.807, 2.05) is 30.7 Å². The van der Waals surface area contributed by atoms with Crippen molar-refractivity contribution >= 4 is 33.9 Å². The minimum absolute atomic E-state index is 0.205. The monoisotopic (exact) mass is 517 g/mol. The molecule has 1 atom stereocenters. The Morgan fingerprint density at radius 3 is 1.19 bits per heavy atom. The average Bonchev–Trinajstić information content (AvgIpc) is 3.03. The number of benzene rings is 1. The molecule has 0 saturated carbocycles. The van der Waals surface area contributed by atoms with Crippen LogP contribution in [0.1, 0.15) is 79.0 Å². The predicted molar refractivity (Wildman–Crippen MR) is 128 cm³/mol. The van der Waals surface area contributed by atoms with Gasteiger partial charge in [-0.2, -0.15) is 0 Å². The van der Waals surface area contributed by atoms with Crippen LogP contribution in [-0.4, -0.2) is 0 Å². The first kappa shape index (κ1) is 27.3. The van der Waals surface area contributed by atoms with E-state index < -0.39 is 0 Å². The van der Waals surface area contributed by atoms with Gasteiger partial charge in [0.2, 0.25) is 0 Å². The zero-order valence-corrected chi connectivity index (χ0v) is 22.9. The van der Waals surface area contributed by atoms with Crippen molar-refractivity contribution < 1.29 is 15.1 Å². The predicted octanol–water partition coefficient (Wildman–Crippen LogP) is 7.50. The summed E-state index contributed by atoms with van der Waals surface area (Å²) in [6.07, 6.45) is 10.0. The molecule has 1 aromatic rings. The van der Waals surface area contributed by atoms with E-state index in [1.165, 1.54) is 22.0 Å². The van der Waals surface area contributed by atoms with Crippen molar-refractivity contribution in [3.05, 3.63) is 59.5 Å². The molecule has 27 heavy (non-hydrogen) atoms. The van der Waals surface area contributed by atoms with E-state index in [0.717, 1.165) is 0 Å². The van der Waals surface area contributed by atoms with E-state index >= 15 is 0 Å². The Morgan fingerprint density at radius 2 is 1.00 bits per heavy atom. The zero-order valence-electron chi connectivity index (χ0n) is 18.3. The molecular formula is C23H37Cl2PRh+. The summed E-state index contributed by atoms with van der Waals surface area (Å²) in [7, 11) is 11.7. The van der Waals surface area contributed by atoms with Crippen molar-refractivity contribution in [2.45, 2.75) is 78.6 Å². The molecule has 1 aromatic carbocycles. The van der Waals surface area contributed by atoms with Gasteiger partial charge in [0.1, 0.15) is 0 Å². The molecule has 0 aromatic heterocycles. The summed E-state index contributed by atoms with van der Waals surface area (Å²) in [6, 6.07) is 4.86. The summed E-state index contributed by atoms with van der Waals surface area (Å²) in [5.74, 6) is 0. The fraction of sp³-hybridized carbons (Fsp3) is 0.522. The second-order valence-electron chi connectivity index (χ2n) is 9.81. The van der Waals surface area contributed by atoms with Crippen LogP contribution < -0.4 is 5.30 Å². The quantitative estimate of drug-likeness (QED) is 0.247. The average molecular weight is 518 g/mol. The Bertz CT molecular complexity index is 597. The van der Waals surface area contributed by atoms with Gasteiger partial charge in [-0.3, -0.25) is 0 Å². The standard InChI is InChI=1S/C18H31P.C5H5.2ClH.Rh/c1-16(2,3)12-10-13(17(4,5)6)15(19)14(11-12)18(7,8)9;1-2-4-5-3-1;;;/h10-11H,19H2,1-9H3;1-5H;2*1H;/q;;;;+2/p-1. The molecule has 1 aliphatic rings. The molecule has 0 heterocycles. The van der Waals surface area contributed by atoms with Gasteiger partial charge in [-0.15, -0.1) is 0 Å². The van der Waals surface area contributed by atoms with Gasteiger partial charge in [0.15, 0.2) is 0 Å². The Morgan fingerprint density at radius 1 is 0.667 bits per heavy atom. The Kier molecular flexibility index (Phi) is 11.6. The fourth-order valence-electron chi connectivity index (χ4n) is 2.76. The third kappa shape index (κ3) is 10.1. The zero-order chi connectivity index (χ0) is 21.5. The van der Waals surface area contributed by atoms with Gasteiger partial charge in [0.25, 0.3) is 0 Å².